The van der Waals surface area contributed by atoms with E-state index < -0.39 is 0 Å². The first-order valence-electron chi connectivity index (χ1n) is 7.33. The van der Waals surface area contributed by atoms with E-state index in [-0.39, 0.29) is 5.91 Å². The fourth-order valence-corrected chi connectivity index (χ4v) is 2.30. The summed E-state index contributed by atoms with van der Waals surface area (Å²) in [6.07, 6.45) is 1.59. The second kappa shape index (κ2) is 6.38. The summed E-state index contributed by atoms with van der Waals surface area (Å²) in [6, 6.07) is 8.65. The molecular formula is C17H16ClN3O2. The summed E-state index contributed by atoms with van der Waals surface area (Å²) < 4.78 is 5.71. The highest BCUT2D eigenvalue weighted by Crippen LogP contribution is 2.25. The Morgan fingerprint density at radius 3 is 2.87 bits per heavy atom. The van der Waals surface area contributed by atoms with Gasteiger partial charge in [-0.2, -0.15) is 0 Å². The summed E-state index contributed by atoms with van der Waals surface area (Å²) in [5.41, 5.74) is 2.55. The lowest BCUT2D eigenvalue weighted by molar-refractivity contribution is 0.0949. The first-order valence-corrected chi connectivity index (χ1v) is 7.71. The van der Waals surface area contributed by atoms with Crippen LogP contribution in [0.1, 0.15) is 24.2 Å². The van der Waals surface area contributed by atoms with Gasteiger partial charge in [0.25, 0.3) is 5.91 Å². The summed E-state index contributed by atoms with van der Waals surface area (Å²) in [5, 5.41) is 3.26. The van der Waals surface area contributed by atoms with Gasteiger partial charge in [0.15, 0.2) is 5.58 Å². The van der Waals surface area contributed by atoms with Crippen molar-refractivity contribution in [3.63, 3.8) is 0 Å². The van der Waals surface area contributed by atoms with Crippen LogP contribution < -0.4 is 5.32 Å². The van der Waals surface area contributed by atoms with Crippen LogP contribution in [0.4, 0.5) is 0 Å². The van der Waals surface area contributed by atoms with Crippen LogP contribution in [0.25, 0.3) is 22.6 Å². The molecular weight excluding hydrogens is 314 g/mol. The van der Waals surface area contributed by atoms with Crippen LogP contribution in [0, 0.1) is 5.92 Å². The smallest absolute Gasteiger partial charge is 0.251 e. The van der Waals surface area contributed by atoms with Crippen LogP contribution >= 0.6 is 11.6 Å². The van der Waals surface area contributed by atoms with E-state index in [1.807, 2.05) is 13.8 Å². The number of amides is 1. The number of rotatable bonds is 4. The molecule has 0 unspecified atom stereocenters. The minimum absolute atomic E-state index is 0.114. The first kappa shape index (κ1) is 15.5. The molecule has 2 heterocycles. The van der Waals surface area contributed by atoms with E-state index in [1.165, 1.54) is 0 Å². The van der Waals surface area contributed by atoms with Crippen molar-refractivity contribution in [1.82, 2.24) is 15.3 Å². The molecule has 0 saturated carbocycles. The van der Waals surface area contributed by atoms with Gasteiger partial charge in [-0.15, -0.1) is 0 Å². The number of aromatic nitrogens is 2. The molecule has 1 N–H and O–H groups in total. The van der Waals surface area contributed by atoms with E-state index in [9.17, 15) is 4.79 Å². The third kappa shape index (κ3) is 3.51. The van der Waals surface area contributed by atoms with Gasteiger partial charge in [-0.25, -0.2) is 9.97 Å². The zero-order valence-electron chi connectivity index (χ0n) is 12.8. The zero-order chi connectivity index (χ0) is 16.4. The fourth-order valence-electron chi connectivity index (χ4n) is 2.13. The van der Waals surface area contributed by atoms with Crippen LogP contribution in [0.5, 0.6) is 0 Å². The van der Waals surface area contributed by atoms with Gasteiger partial charge >= 0.3 is 0 Å². The van der Waals surface area contributed by atoms with Crippen LogP contribution in [0.3, 0.4) is 0 Å². The number of hydrogen-bond acceptors (Lipinski definition) is 4. The van der Waals surface area contributed by atoms with Gasteiger partial charge in [-0.1, -0.05) is 25.4 Å². The van der Waals surface area contributed by atoms with Gasteiger partial charge in [-0.05, 0) is 36.2 Å². The molecule has 6 heteroatoms. The van der Waals surface area contributed by atoms with Gasteiger partial charge in [0.05, 0.1) is 0 Å². The van der Waals surface area contributed by atoms with E-state index in [1.54, 1.807) is 36.5 Å². The number of hydrogen-bond donors (Lipinski definition) is 1. The SMILES string of the molecule is CC(C)CNC(=O)c1ccc2oc(-c3ccnc(Cl)c3)nc2c1. The topological polar surface area (TPSA) is 68.0 Å². The van der Waals surface area contributed by atoms with Gasteiger partial charge in [-0.3, -0.25) is 4.79 Å². The van der Waals surface area contributed by atoms with E-state index in [4.69, 9.17) is 16.0 Å². The highest BCUT2D eigenvalue weighted by molar-refractivity contribution is 6.29. The summed E-state index contributed by atoms with van der Waals surface area (Å²) >= 11 is 5.89. The van der Waals surface area contributed by atoms with Crippen molar-refractivity contribution in [3.8, 4) is 11.5 Å². The molecule has 23 heavy (non-hydrogen) atoms. The monoisotopic (exact) mass is 329 g/mol. The molecule has 0 spiro atoms. The van der Waals surface area contributed by atoms with Crippen molar-refractivity contribution >= 4 is 28.6 Å². The third-order valence-corrected chi connectivity index (χ3v) is 3.50. The van der Waals surface area contributed by atoms with Gasteiger partial charge < -0.3 is 9.73 Å². The van der Waals surface area contributed by atoms with E-state index in [2.05, 4.69) is 15.3 Å². The van der Waals surface area contributed by atoms with Crippen LogP contribution in [-0.4, -0.2) is 22.4 Å². The summed E-state index contributed by atoms with van der Waals surface area (Å²) in [7, 11) is 0. The standard InChI is InChI=1S/C17H16ClN3O2/c1-10(2)9-20-16(22)11-3-4-14-13(7-11)21-17(23-14)12-5-6-19-15(18)8-12/h3-8,10H,9H2,1-2H3,(H,20,22). The maximum absolute atomic E-state index is 12.1. The third-order valence-electron chi connectivity index (χ3n) is 3.29. The lowest BCUT2D eigenvalue weighted by Gasteiger charge is -2.07. The molecule has 2 aromatic heterocycles. The molecule has 3 aromatic rings. The molecule has 0 saturated heterocycles. The van der Waals surface area contributed by atoms with Crippen molar-refractivity contribution < 1.29 is 9.21 Å². The quantitative estimate of drug-likeness (QED) is 0.736. The van der Waals surface area contributed by atoms with Gasteiger partial charge in [0.1, 0.15) is 10.7 Å². The zero-order valence-corrected chi connectivity index (χ0v) is 13.6. The predicted molar refractivity (Wildman–Crippen MR) is 89.4 cm³/mol. The average molecular weight is 330 g/mol. The van der Waals surface area contributed by atoms with Crippen molar-refractivity contribution in [2.45, 2.75) is 13.8 Å². The van der Waals surface area contributed by atoms with Gasteiger partial charge in [0.2, 0.25) is 5.89 Å². The van der Waals surface area contributed by atoms with Crippen LogP contribution in [0.2, 0.25) is 5.15 Å². The Balaban J connectivity index is 1.90. The molecule has 5 nitrogen and oxygen atoms in total. The van der Waals surface area contributed by atoms with Crippen LogP contribution in [-0.2, 0) is 0 Å². The molecule has 1 aromatic carbocycles. The molecule has 0 aliphatic carbocycles. The summed E-state index contributed by atoms with van der Waals surface area (Å²) in [4.78, 5) is 20.5. The average Bonchev–Trinajstić information content (AvgIpc) is 2.95. The maximum atomic E-state index is 12.1. The van der Waals surface area contributed by atoms with Gasteiger partial charge in [0, 0.05) is 23.9 Å². The molecule has 1 amide bonds. The molecule has 0 atom stereocenters. The molecule has 0 bridgehead atoms. The summed E-state index contributed by atoms with van der Waals surface area (Å²) in [6.45, 7) is 4.73. The molecule has 0 aliphatic heterocycles. The van der Waals surface area contributed by atoms with Crippen molar-refractivity contribution in [2.75, 3.05) is 6.54 Å². The highest BCUT2D eigenvalue weighted by atomic mass is 35.5. The largest absolute Gasteiger partial charge is 0.436 e. The number of nitrogens with one attached hydrogen (secondary N) is 1. The minimum atomic E-state index is -0.114. The van der Waals surface area contributed by atoms with E-state index >= 15 is 0 Å². The van der Waals surface area contributed by atoms with E-state index in [0.29, 0.717) is 40.2 Å². The second-order valence-corrected chi connectivity index (χ2v) is 6.06. The Morgan fingerprint density at radius 1 is 1.30 bits per heavy atom. The first-order chi connectivity index (χ1) is 11.0. The number of carbonyl (C=O) groups excluding carboxylic acids is 1. The second-order valence-electron chi connectivity index (χ2n) is 5.67. The van der Waals surface area contributed by atoms with E-state index in [0.717, 1.165) is 5.56 Å². The molecule has 0 fully saturated rings. The molecule has 0 aliphatic rings. The Hall–Kier alpha value is -2.40. The Labute approximate surface area is 138 Å². The number of carbonyl (C=O) groups is 1. The molecule has 118 valence electrons. The number of benzene rings is 1. The molecule has 0 radical (unpaired) electrons. The summed E-state index contributed by atoms with van der Waals surface area (Å²) in [5.74, 6) is 0.735. The molecule has 3 rings (SSSR count). The number of nitrogens with zero attached hydrogens (tertiary/aromatic N) is 2. The maximum Gasteiger partial charge on any atom is 0.251 e. The van der Waals surface area contributed by atoms with Crippen LogP contribution in [0.15, 0.2) is 40.9 Å². The lowest BCUT2D eigenvalue weighted by Crippen LogP contribution is -2.27. The number of halogens is 1. The predicted octanol–water partition coefficient (Wildman–Crippen LogP) is 3.93. The van der Waals surface area contributed by atoms with Crippen molar-refractivity contribution in [1.29, 1.82) is 0 Å². The Kier molecular flexibility index (Phi) is 4.30. The fraction of sp³-hybridized carbons (Fsp3) is 0.235. The van der Waals surface area contributed by atoms with Crippen molar-refractivity contribution in [2.24, 2.45) is 5.92 Å². The normalized spacial score (nSPS) is 11.1. The number of pyridine rings is 1. The van der Waals surface area contributed by atoms with Crippen molar-refractivity contribution in [3.05, 3.63) is 47.2 Å². The number of fused-ring (bicyclic) bond motifs is 1. The Bertz CT molecular complexity index is 858. The number of oxazole rings is 1. The lowest BCUT2D eigenvalue weighted by atomic mass is 10.1. The highest BCUT2D eigenvalue weighted by Gasteiger charge is 2.12. The Morgan fingerprint density at radius 2 is 2.13 bits per heavy atom. The minimum Gasteiger partial charge on any atom is -0.436 e.